The van der Waals surface area contributed by atoms with Crippen LogP contribution in [0.15, 0.2) is 42.5 Å². The minimum absolute atomic E-state index is 0.0883. The molecule has 0 bridgehead atoms. The maximum absolute atomic E-state index is 13.2. The summed E-state index contributed by atoms with van der Waals surface area (Å²) < 4.78 is 18.4. The predicted molar refractivity (Wildman–Crippen MR) is 98.8 cm³/mol. The molecular formula is C21H26FNO3. The molecule has 1 aliphatic heterocycles. The van der Waals surface area contributed by atoms with Crippen LogP contribution >= 0.6 is 0 Å². The van der Waals surface area contributed by atoms with Crippen molar-refractivity contribution in [2.24, 2.45) is 5.41 Å². The molecule has 0 spiro atoms. The maximum atomic E-state index is 13.2. The molecule has 3 rings (SSSR count). The fourth-order valence-electron chi connectivity index (χ4n) is 3.87. The van der Waals surface area contributed by atoms with Crippen LogP contribution in [0.25, 0.3) is 0 Å². The molecule has 4 nitrogen and oxygen atoms in total. The number of phenolic OH excluding ortho intramolecular Hbond substituents is 1. The maximum Gasteiger partial charge on any atom is 0.123 e. The molecule has 0 amide bonds. The summed E-state index contributed by atoms with van der Waals surface area (Å²) in [4.78, 5) is 2.26. The summed E-state index contributed by atoms with van der Waals surface area (Å²) in [7, 11) is 1.61. The van der Waals surface area contributed by atoms with Gasteiger partial charge >= 0.3 is 0 Å². The molecule has 0 saturated carbocycles. The third kappa shape index (κ3) is 4.34. The lowest BCUT2D eigenvalue weighted by Crippen LogP contribution is -2.46. The Bertz CT molecular complexity index is 735. The molecule has 0 aliphatic carbocycles. The quantitative estimate of drug-likeness (QED) is 0.830. The zero-order valence-electron chi connectivity index (χ0n) is 15.1. The van der Waals surface area contributed by atoms with Crippen molar-refractivity contribution in [2.75, 3.05) is 26.8 Å². The summed E-state index contributed by atoms with van der Waals surface area (Å²) in [6.07, 6.45) is 2.62. The van der Waals surface area contributed by atoms with E-state index in [1.807, 2.05) is 6.07 Å². The lowest BCUT2D eigenvalue weighted by atomic mass is 9.75. The number of benzene rings is 2. The van der Waals surface area contributed by atoms with E-state index in [9.17, 15) is 14.6 Å². The Morgan fingerprint density at radius 1 is 1.19 bits per heavy atom. The van der Waals surface area contributed by atoms with Crippen molar-refractivity contribution in [1.82, 2.24) is 4.90 Å². The van der Waals surface area contributed by atoms with Crippen molar-refractivity contribution >= 4 is 0 Å². The molecule has 26 heavy (non-hydrogen) atoms. The first kappa shape index (κ1) is 18.7. The van der Waals surface area contributed by atoms with Crippen molar-refractivity contribution in [2.45, 2.75) is 25.8 Å². The van der Waals surface area contributed by atoms with E-state index in [0.29, 0.717) is 13.0 Å². The first-order valence-corrected chi connectivity index (χ1v) is 8.97. The molecule has 0 aromatic heterocycles. The second-order valence-corrected chi connectivity index (χ2v) is 7.27. The molecule has 1 aliphatic rings. The number of hydrogen-bond donors (Lipinski definition) is 2. The Balaban J connectivity index is 1.73. The Labute approximate surface area is 153 Å². The third-order valence-electron chi connectivity index (χ3n) is 5.25. The lowest BCUT2D eigenvalue weighted by Gasteiger charge is -2.42. The number of halogens is 1. The number of nitrogens with zero attached hydrogens (tertiary/aromatic N) is 1. The SMILES string of the molecule is COc1ccc(O)c(CN2CCCC(CO)(Cc3ccc(F)cc3)C2)c1. The van der Waals surface area contributed by atoms with Crippen LogP contribution in [0.5, 0.6) is 11.5 Å². The van der Waals surface area contributed by atoms with Gasteiger partial charge in [0.05, 0.1) is 13.7 Å². The van der Waals surface area contributed by atoms with Gasteiger partial charge in [0.15, 0.2) is 0 Å². The highest BCUT2D eigenvalue weighted by molar-refractivity contribution is 5.39. The van der Waals surface area contributed by atoms with E-state index in [4.69, 9.17) is 4.74 Å². The zero-order chi connectivity index (χ0) is 18.6. The first-order chi connectivity index (χ1) is 12.5. The van der Waals surface area contributed by atoms with E-state index in [1.54, 1.807) is 31.4 Å². The minimum Gasteiger partial charge on any atom is -0.508 e. The Hall–Kier alpha value is -2.11. The molecular weight excluding hydrogens is 333 g/mol. The van der Waals surface area contributed by atoms with E-state index in [0.717, 1.165) is 42.8 Å². The van der Waals surface area contributed by atoms with Crippen LogP contribution in [0.3, 0.4) is 0 Å². The summed E-state index contributed by atoms with van der Waals surface area (Å²) in [5.41, 5.74) is 1.61. The number of aliphatic hydroxyl groups excluding tert-OH is 1. The number of aliphatic hydroxyl groups is 1. The van der Waals surface area contributed by atoms with Gasteiger partial charge in [0.1, 0.15) is 17.3 Å². The molecule has 1 saturated heterocycles. The molecule has 5 heteroatoms. The molecule has 1 atom stereocenters. The molecule has 0 radical (unpaired) electrons. The fraction of sp³-hybridized carbons (Fsp3) is 0.429. The topological polar surface area (TPSA) is 52.9 Å². The van der Waals surface area contributed by atoms with Gasteiger partial charge in [0.2, 0.25) is 0 Å². The van der Waals surface area contributed by atoms with Gasteiger partial charge in [-0.15, -0.1) is 0 Å². The highest BCUT2D eigenvalue weighted by Gasteiger charge is 2.35. The van der Waals surface area contributed by atoms with Gasteiger partial charge in [-0.1, -0.05) is 12.1 Å². The van der Waals surface area contributed by atoms with E-state index in [1.165, 1.54) is 12.1 Å². The van der Waals surface area contributed by atoms with Crippen LogP contribution in [0.1, 0.15) is 24.0 Å². The highest BCUT2D eigenvalue weighted by Crippen LogP contribution is 2.35. The van der Waals surface area contributed by atoms with E-state index < -0.39 is 0 Å². The zero-order valence-corrected chi connectivity index (χ0v) is 15.1. The molecule has 2 aromatic rings. The third-order valence-corrected chi connectivity index (χ3v) is 5.25. The number of phenols is 1. The van der Waals surface area contributed by atoms with Gasteiger partial charge < -0.3 is 14.9 Å². The van der Waals surface area contributed by atoms with Crippen molar-refractivity contribution in [3.63, 3.8) is 0 Å². The molecule has 140 valence electrons. The van der Waals surface area contributed by atoms with Crippen molar-refractivity contribution < 1.29 is 19.3 Å². The normalized spacial score (nSPS) is 20.9. The van der Waals surface area contributed by atoms with Crippen LogP contribution < -0.4 is 4.74 Å². The summed E-state index contributed by atoms with van der Waals surface area (Å²) in [6, 6.07) is 11.8. The monoisotopic (exact) mass is 359 g/mol. The van der Waals surface area contributed by atoms with Gasteiger partial charge in [-0.05, 0) is 61.7 Å². The largest absolute Gasteiger partial charge is 0.508 e. The second kappa shape index (κ2) is 8.06. The number of aromatic hydroxyl groups is 1. The average Bonchev–Trinajstić information content (AvgIpc) is 2.66. The molecule has 1 heterocycles. The van der Waals surface area contributed by atoms with Crippen molar-refractivity contribution in [1.29, 1.82) is 0 Å². The van der Waals surface area contributed by atoms with Crippen LogP contribution in [-0.4, -0.2) is 41.9 Å². The van der Waals surface area contributed by atoms with E-state index in [-0.39, 0.29) is 23.6 Å². The summed E-state index contributed by atoms with van der Waals surface area (Å²) in [5.74, 6) is 0.726. The molecule has 1 unspecified atom stereocenters. The lowest BCUT2D eigenvalue weighted by molar-refractivity contribution is 0.0285. The minimum atomic E-state index is -0.245. The molecule has 1 fully saturated rings. The van der Waals surface area contributed by atoms with Gasteiger partial charge in [-0.25, -0.2) is 4.39 Å². The number of rotatable bonds is 6. The van der Waals surface area contributed by atoms with Crippen LogP contribution in [0, 0.1) is 11.2 Å². The fourth-order valence-corrected chi connectivity index (χ4v) is 3.87. The first-order valence-electron chi connectivity index (χ1n) is 8.97. The van der Waals surface area contributed by atoms with Crippen molar-refractivity contribution in [3.05, 3.63) is 59.4 Å². The number of methoxy groups -OCH3 is 1. The van der Waals surface area contributed by atoms with Gasteiger partial charge in [-0.3, -0.25) is 4.90 Å². The summed E-state index contributed by atoms with van der Waals surface area (Å²) >= 11 is 0. The van der Waals surface area contributed by atoms with E-state index >= 15 is 0 Å². The molecule has 2 aromatic carbocycles. The van der Waals surface area contributed by atoms with Gasteiger partial charge in [0.25, 0.3) is 0 Å². The van der Waals surface area contributed by atoms with E-state index in [2.05, 4.69) is 4.90 Å². The number of piperidine rings is 1. The van der Waals surface area contributed by atoms with Gasteiger partial charge in [-0.2, -0.15) is 0 Å². The van der Waals surface area contributed by atoms with Crippen molar-refractivity contribution in [3.8, 4) is 11.5 Å². The van der Waals surface area contributed by atoms with Gasteiger partial charge in [0, 0.05) is 24.1 Å². The number of likely N-dealkylation sites (tertiary alicyclic amines) is 1. The Kier molecular flexibility index (Phi) is 5.79. The number of hydrogen-bond acceptors (Lipinski definition) is 4. The average molecular weight is 359 g/mol. The van der Waals surface area contributed by atoms with Crippen LogP contribution in [0.4, 0.5) is 4.39 Å². The summed E-state index contributed by atoms with van der Waals surface area (Å²) in [5, 5.41) is 20.3. The number of ether oxygens (including phenoxy) is 1. The molecule has 2 N–H and O–H groups in total. The van der Waals surface area contributed by atoms with Crippen LogP contribution in [-0.2, 0) is 13.0 Å². The Morgan fingerprint density at radius 3 is 2.65 bits per heavy atom. The van der Waals surface area contributed by atoms with Crippen LogP contribution in [0.2, 0.25) is 0 Å². The Morgan fingerprint density at radius 2 is 1.96 bits per heavy atom. The second-order valence-electron chi connectivity index (χ2n) is 7.27. The smallest absolute Gasteiger partial charge is 0.123 e. The summed E-state index contributed by atoms with van der Waals surface area (Å²) in [6.45, 7) is 2.35. The highest BCUT2D eigenvalue weighted by atomic mass is 19.1. The predicted octanol–water partition coefficient (Wildman–Crippen LogP) is 3.36. The standard InChI is InChI=1S/C21H26FNO3/c1-26-19-7-8-20(25)17(11-19)13-23-10-2-9-21(14-23,15-24)12-16-3-5-18(22)6-4-16/h3-8,11,24-25H,2,9-10,12-15H2,1H3.